The van der Waals surface area contributed by atoms with Gasteiger partial charge in [-0.1, -0.05) is 0 Å². The molecule has 0 N–H and O–H groups in total. The fourth-order valence-corrected chi connectivity index (χ4v) is 20.4. The van der Waals surface area contributed by atoms with Gasteiger partial charge in [-0.3, -0.25) is 0 Å². The fourth-order valence-electron chi connectivity index (χ4n) is 9.63. The summed E-state index contributed by atoms with van der Waals surface area (Å²) >= 11 is -3.50. The van der Waals surface area contributed by atoms with Gasteiger partial charge in [-0.05, 0) is 0 Å². The van der Waals surface area contributed by atoms with E-state index in [9.17, 15) is 0 Å². The molecule has 0 aromatic heterocycles. The van der Waals surface area contributed by atoms with Crippen molar-refractivity contribution in [2.24, 2.45) is 0 Å². The predicted molar refractivity (Wildman–Crippen MR) is 262 cm³/mol. The Bertz CT molecular complexity index is 2810. The molecule has 0 bridgehead atoms. The van der Waals surface area contributed by atoms with Gasteiger partial charge < -0.3 is 0 Å². The third-order valence-electron chi connectivity index (χ3n) is 12.5. The van der Waals surface area contributed by atoms with Gasteiger partial charge in [0.25, 0.3) is 0 Å². The number of rotatable bonds is 8. The maximum atomic E-state index is 2.51. The van der Waals surface area contributed by atoms with Crippen molar-refractivity contribution < 1.29 is 0 Å². The van der Waals surface area contributed by atoms with E-state index in [1.54, 1.807) is 0 Å². The summed E-state index contributed by atoms with van der Waals surface area (Å²) < 4.78 is 5.87. The van der Waals surface area contributed by atoms with Gasteiger partial charge in [-0.2, -0.15) is 0 Å². The van der Waals surface area contributed by atoms with Gasteiger partial charge in [-0.25, -0.2) is 0 Å². The normalized spacial score (nSPS) is 12.4. The van der Waals surface area contributed by atoms with Crippen molar-refractivity contribution in [2.45, 2.75) is 0 Å². The fraction of sp³-hybridized carbons (Fsp3) is 0. The van der Waals surface area contributed by atoms with Gasteiger partial charge in [0.2, 0.25) is 0 Å². The SMILES string of the molecule is c1ccc(-c2cc(-c3ccccc3)cc(-c3cc[c]4c(c3)-c3cc(-c5cc(-c6ccccc6)cc(-c6ccccc6)c5)cc[c]3[Ge]4([c]3ccccc3)[c]3ccccc3)c2)cc1. The summed E-state index contributed by atoms with van der Waals surface area (Å²) in [5, 5.41) is 0. The van der Waals surface area contributed by atoms with Crippen molar-refractivity contribution in [1.29, 1.82) is 0 Å². The van der Waals surface area contributed by atoms with Crippen molar-refractivity contribution in [3.63, 3.8) is 0 Å². The quantitative estimate of drug-likeness (QED) is 0.134. The van der Waals surface area contributed by atoms with Crippen LogP contribution in [0.2, 0.25) is 0 Å². The first kappa shape index (κ1) is 36.8. The molecule has 11 rings (SSSR count). The molecule has 61 heavy (non-hydrogen) atoms. The molecule has 0 fully saturated rings. The third-order valence-corrected chi connectivity index (χ3v) is 22.8. The summed E-state index contributed by atoms with van der Waals surface area (Å²) in [6.07, 6.45) is 0. The summed E-state index contributed by atoms with van der Waals surface area (Å²) in [4.78, 5) is 0. The molecule has 10 aromatic carbocycles. The molecule has 1 heteroatoms. The van der Waals surface area contributed by atoms with E-state index in [-0.39, 0.29) is 0 Å². The predicted octanol–water partition coefficient (Wildman–Crippen LogP) is 13.0. The Hall–Kier alpha value is -7.26. The van der Waals surface area contributed by atoms with Gasteiger partial charge >= 0.3 is 364 Å². The molecule has 0 nitrogen and oxygen atoms in total. The first-order chi connectivity index (χ1) is 30.2. The molecule has 0 saturated carbocycles. The molecular weight excluding hydrogens is 793 g/mol. The summed E-state index contributed by atoms with van der Waals surface area (Å²) in [6, 6.07) is 94.8. The van der Waals surface area contributed by atoms with Gasteiger partial charge in [-0.15, -0.1) is 0 Å². The minimum atomic E-state index is -3.50. The van der Waals surface area contributed by atoms with E-state index in [4.69, 9.17) is 0 Å². The monoisotopic (exact) mass is 836 g/mol. The summed E-state index contributed by atoms with van der Waals surface area (Å²) in [6.45, 7) is 0. The zero-order chi connectivity index (χ0) is 40.6. The van der Waals surface area contributed by atoms with E-state index >= 15 is 0 Å². The zero-order valence-electron chi connectivity index (χ0n) is 33.7. The Labute approximate surface area is 361 Å². The second-order valence-electron chi connectivity index (χ2n) is 16.1. The Morgan fingerprint density at radius 3 is 0.705 bits per heavy atom. The summed E-state index contributed by atoms with van der Waals surface area (Å²) in [5.41, 5.74) is 17.3. The summed E-state index contributed by atoms with van der Waals surface area (Å²) in [5.74, 6) is 0. The maximum absolute atomic E-state index is 3.50. The van der Waals surface area contributed by atoms with Crippen LogP contribution in [0, 0.1) is 0 Å². The van der Waals surface area contributed by atoms with Gasteiger partial charge in [0.1, 0.15) is 0 Å². The van der Waals surface area contributed by atoms with Crippen LogP contribution in [0.15, 0.2) is 255 Å². The van der Waals surface area contributed by atoms with Crippen LogP contribution in [0.5, 0.6) is 0 Å². The molecule has 0 atom stereocenters. The van der Waals surface area contributed by atoms with Crippen molar-refractivity contribution in [3.8, 4) is 77.9 Å². The first-order valence-corrected chi connectivity index (χ1v) is 25.4. The van der Waals surface area contributed by atoms with Crippen molar-refractivity contribution >= 4 is 30.8 Å². The van der Waals surface area contributed by atoms with E-state index < -0.39 is 13.3 Å². The first-order valence-electron chi connectivity index (χ1n) is 21.2. The molecule has 1 heterocycles. The molecule has 0 unspecified atom stereocenters. The average molecular weight is 836 g/mol. The molecule has 1 aliphatic heterocycles. The third kappa shape index (κ3) is 6.67. The van der Waals surface area contributed by atoms with E-state index in [2.05, 4.69) is 255 Å². The molecular formula is C60H42Ge. The molecule has 0 radical (unpaired) electrons. The van der Waals surface area contributed by atoms with Crippen LogP contribution >= 0.6 is 0 Å². The Kier molecular flexibility index (Phi) is 9.49. The van der Waals surface area contributed by atoms with E-state index in [1.165, 1.54) is 95.5 Å². The molecule has 10 aromatic rings. The van der Waals surface area contributed by atoms with Crippen molar-refractivity contribution in [2.75, 3.05) is 0 Å². The van der Waals surface area contributed by atoms with Crippen LogP contribution in [0.3, 0.4) is 0 Å². The van der Waals surface area contributed by atoms with Crippen LogP contribution in [0.25, 0.3) is 77.9 Å². The topological polar surface area (TPSA) is 0 Å². The average Bonchev–Trinajstić information content (AvgIpc) is 3.65. The zero-order valence-corrected chi connectivity index (χ0v) is 35.8. The minimum absolute atomic E-state index is 1.22. The van der Waals surface area contributed by atoms with Crippen LogP contribution in [-0.2, 0) is 0 Å². The van der Waals surface area contributed by atoms with Gasteiger partial charge in [0, 0.05) is 0 Å². The second-order valence-corrected chi connectivity index (χ2v) is 23.9. The number of hydrogen-bond acceptors (Lipinski definition) is 0. The number of fused-ring (bicyclic) bond motifs is 3. The van der Waals surface area contributed by atoms with Crippen LogP contribution < -0.4 is 17.6 Å². The Balaban J connectivity index is 1.16. The molecule has 0 spiro atoms. The molecule has 0 aliphatic carbocycles. The van der Waals surface area contributed by atoms with Crippen LogP contribution in [0.4, 0.5) is 0 Å². The van der Waals surface area contributed by atoms with Crippen LogP contribution in [-0.4, -0.2) is 13.3 Å². The number of hydrogen-bond donors (Lipinski definition) is 0. The standard InChI is InChI=1S/C60H42Ge/c1-7-19-43(20-8-1)49-35-50(44-21-9-2-10-22-44)38-53(37-49)47-31-33-59-57(41-47)58-42-48(32-34-60(58)61(59,55-27-15-5-16-28-55)56-29-17-6-18-30-56)54-39-51(45-23-11-3-12-24-45)36-52(40-54)46-25-13-4-14-26-46/h1-42H. The Morgan fingerprint density at radius 1 is 0.180 bits per heavy atom. The van der Waals surface area contributed by atoms with Crippen LogP contribution in [0.1, 0.15) is 0 Å². The Morgan fingerprint density at radius 2 is 0.426 bits per heavy atom. The van der Waals surface area contributed by atoms with Gasteiger partial charge in [0.15, 0.2) is 0 Å². The van der Waals surface area contributed by atoms with Crippen molar-refractivity contribution in [3.05, 3.63) is 255 Å². The molecule has 0 amide bonds. The summed E-state index contributed by atoms with van der Waals surface area (Å²) in [7, 11) is 0. The number of benzene rings is 10. The van der Waals surface area contributed by atoms with Crippen molar-refractivity contribution in [1.82, 2.24) is 0 Å². The second kappa shape index (κ2) is 15.7. The molecule has 286 valence electrons. The van der Waals surface area contributed by atoms with E-state index in [0.29, 0.717) is 0 Å². The molecule has 1 aliphatic rings. The van der Waals surface area contributed by atoms with Gasteiger partial charge in [0.05, 0.1) is 0 Å². The van der Waals surface area contributed by atoms with E-state index in [0.717, 1.165) is 0 Å². The molecule has 0 saturated heterocycles. The van der Waals surface area contributed by atoms with E-state index in [1.807, 2.05) is 0 Å².